The van der Waals surface area contributed by atoms with Gasteiger partial charge in [0.25, 0.3) is 0 Å². The predicted molar refractivity (Wildman–Crippen MR) is 80.7 cm³/mol. The van der Waals surface area contributed by atoms with E-state index in [1.54, 1.807) is 13.2 Å². The molecule has 106 valence electrons. The number of aryl methyl sites for hydroxylation is 1. The van der Waals surface area contributed by atoms with Gasteiger partial charge in [-0.05, 0) is 24.6 Å². The number of aliphatic hydroxyl groups excluding tert-OH is 1. The predicted octanol–water partition coefficient (Wildman–Crippen LogP) is 3.98. The number of methoxy groups -OCH3 is 1. The Labute approximate surface area is 128 Å². The third kappa shape index (κ3) is 3.42. The highest BCUT2D eigenvalue weighted by Gasteiger charge is 2.16. The first kappa shape index (κ1) is 15.1. The van der Waals surface area contributed by atoms with Gasteiger partial charge in [-0.3, -0.25) is 4.98 Å². The highest BCUT2D eigenvalue weighted by Crippen LogP contribution is 2.29. The maximum Gasteiger partial charge on any atom is 0.122 e. The van der Waals surface area contributed by atoms with Gasteiger partial charge < -0.3 is 9.84 Å². The van der Waals surface area contributed by atoms with Crippen molar-refractivity contribution in [2.24, 2.45) is 0 Å². The van der Waals surface area contributed by atoms with E-state index in [-0.39, 0.29) is 0 Å². The first-order chi connectivity index (χ1) is 9.51. The maximum absolute atomic E-state index is 10.3. The zero-order valence-corrected chi connectivity index (χ0v) is 12.7. The van der Waals surface area contributed by atoms with E-state index in [2.05, 4.69) is 4.98 Å². The Morgan fingerprint density at radius 2 is 2.05 bits per heavy atom. The van der Waals surface area contributed by atoms with Crippen molar-refractivity contribution in [1.29, 1.82) is 0 Å². The lowest BCUT2D eigenvalue weighted by atomic mass is 10.0. The molecule has 0 amide bonds. The lowest BCUT2D eigenvalue weighted by Gasteiger charge is -2.15. The summed E-state index contributed by atoms with van der Waals surface area (Å²) in [5, 5.41) is 11.1. The molecule has 0 spiro atoms. The standard InChI is InChI=1S/C15H15Cl2NO2/c1-9-3-4-14(20-2)10(5-9)6-13(19)15-12(17)7-11(16)8-18-15/h3-5,7-8,13,19H,6H2,1-2H3. The van der Waals surface area contributed by atoms with E-state index in [0.29, 0.717) is 22.2 Å². The van der Waals surface area contributed by atoms with Crippen molar-refractivity contribution in [3.8, 4) is 5.75 Å². The fraction of sp³-hybridized carbons (Fsp3) is 0.267. The molecule has 0 aliphatic carbocycles. The molecule has 1 heterocycles. The van der Waals surface area contributed by atoms with E-state index in [9.17, 15) is 5.11 Å². The number of nitrogens with zero attached hydrogens (tertiary/aromatic N) is 1. The largest absolute Gasteiger partial charge is 0.496 e. The lowest BCUT2D eigenvalue weighted by Crippen LogP contribution is -2.06. The van der Waals surface area contributed by atoms with Crippen LogP contribution < -0.4 is 4.74 Å². The molecule has 0 fully saturated rings. The second-order valence-electron chi connectivity index (χ2n) is 4.56. The van der Waals surface area contributed by atoms with Crippen molar-refractivity contribution >= 4 is 23.2 Å². The van der Waals surface area contributed by atoms with Crippen LogP contribution in [0.25, 0.3) is 0 Å². The van der Waals surface area contributed by atoms with E-state index in [1.165, 1.54) is 6.20 Å². The van der Waals surface area contributed by atoms with Crippen LogP contribution in [-0.2, 0) is 6.42 Å². The Morgan fingerprint density at radius 1 is 1.30 bits per heavy atom. The van der Waals surface area contributed by atoms with Crippen molar-refractivity contribution in [2.75, 3.05) is 7.11 Å². The molecule has 1 unspecified atom stereocenters. The zero-order chi connectivity index (χ0) is 14.7. The molecule has 1 atom stereocenters. The smallest absolute Gasteiger partial charge is 0.122 e. The van der Waals surface area contributed by atoms with Crippen LogP contribution in [0.3, 0.4) is 0 Å². The summed E-state index contributed by atoms with van der Waals surface area (Å²) in [5.74, 6) is 0.736. The molecule has 0 bridgehead atoms. The summed E-state index contributed by atoms with van der Waals surface area (Å²) < 4.78 is 5.30. The average molecular weight is 312 g/mol. The fourth-order valence-electron chi connectivity index (χ4n) is 2.04. The number of benzene rings is 1. The molecular formula is C15H15Cl2NO2. The van der Waals surface area contributed by atoms with Crippen LogP contribution in [0.4, 0.5) is 0 Å². The molecule has 0 saturated carbocycles. The number of aromatic nitrogens is 1. The summed E-state index contributed by atoms with van der Waals surface area (Å²) in [6.45, 7) is 1.99. The van der Waals surface area contributed by atoms with Crippen molar-refractivity contribution in [3.63, 3.8) is 0 Å². The van der Waals surface area contributed by atoms with Gasteiger partial charge in [-0.1, -0.05) is 40.9 Å². The van der Waals surface area contributed by atoms with Crippen molar-refractivity contribution in [2.45, 2.75) is 19.4 Å². The van der Waals surface area contributed by atoms with Gasteiger partial charge in [0.1, 0.15) is 11.9 Å². The third-order valence-electron chi connectivity index (χ3n) is 3.00. The Bertz CT molecular complexity index is 617. The number of pyridine rings is 1. The van der Waals surface area contributed by atoms with E-state index in [1.807, 2.05) is 25.1 Å². The molecule has 20 heavy (non-hydrogen) atoms. The molecule has 2 rings (SSSR count). The van der Waals surface area contributed by atoms with E-state index in [4.69, 9.17) is 27.9 Å². The summed E-state index contributed by atoms with van der Waals surface area (Å²) in [5.41, 5.74) is 2.43. The molecule has 2 aromatic rings. The number of hydrogen-bond donors (Lipinski definition) is 1. The normalized spacial score (nSPS) is 12.2. The van der Waals surface area contributed by atoms with Gasteiger partial charge >= 0.3 is 0 Å². The van der Waals surface area contributed by atoms with Crippen LogP contribution in [0.2, 0.25) is 10.0 Å². The van der Waals surface area contributed by atoms with Gasteiger partial charge in [0.05, 0.1) is 22.8 Å². The average Bonchev–Trinajstić information content (AvgIpc) is 2.38. The summed E-state index contributed by atoms with van der Waals surface area (Å²) in [4.78, 5) is 4.10. The second kappa shape index (κ2) is 6.44. The van der Waals surface area contributed by atoms with Crippen LogP contribution in [0.1, 0.15) is 22.9 Å². The monoisotopic (exact) mass is 311 g/mol. The van der Waals surface area contributed by atoms with Crippen molar-refractivity contribution in [1.82, 2.24) is 4.98 Å². The van der Waals surface area contributed by atoms with E-state index >= 15 is 0 Å². The van der Waals surface area contributed by atoms with E-state index in [0.717, 1.165) is 16.9 Å². The number of aliphatic hydroxyl groups is 1. The van der Waals surface area contributed by atoms with Crippen LogP contribution in [0.5, 0.6) is 5.75 Å². The topological polar surface area (TPSA) is 42.4 Å². The quantitative estimate of drug-likeness (QED) is 0.928. The Hall–Kier alpha value is -1.29. The summed E-state index contributed by atoms with van der Waals surface area (Å²) in [7, 11) is 1.61. The molecule has 0 saturated heterocycles. The van der Waals surface area contributed by atoms with Crippen LogP contribution in [0.15, 0.2) is 30.5 Å². The minimum atomic E-state index is -0.810. The lowest BCUT2D eigenvalue weighted by molar-refractivity contribution is 0.172. The number of hydrogen-bond acceptors (Lipinski definition) is 3. The number of halogens is 2. The van der Waals surface area contributed by atoms with E-state index < -0.39 is 6.10 Å². The van der Waals surface area contributed by atoms with Gasteiger partial charge in [-0.15, -0.1) is 0 Å². The highest BCUT2D eigenvalue weighted by atomic mass is 35.5. The summed E-state index contributed by atoms with van der Waals surface area (Å²) in [6, 6.07) is 7.39. The van der Waals surface area contributed by atoms with Crippen LogP contribution in [-0.4, -0.2) is 17.2 Å². The number of rotatable bonds is 4. The Morgan fingerprint density at radius 3 is 2.70 bits per heavy atom. The minimum Gasteiger partial charge on any atom is -0.496 e. The third-order valence-corrected chi connectivity index (χ3v) is 3.51. The molecule has 5 heteroatoms. The minimum absolute atomic E-state index is 0.358. The zero-order valence-electron chi connectivity index (χ0n) is 11.2. The Kier molecular flexibility index (Phi) is 4.86. The van der Waals surface area contributed by atoms with Gasteiger partial charge in [0, 0.05) is 12.6 Å². The van der Waals surface area contributed by atoms with Gasteiger partial charge in [-0.2, -0.15) is 0 Å². The second-order valence-corrected chi connectivity index (χ2v) is 5.40. The molecule has 1 N–H and O–H groups in total. The molecule has 1 aromatic carbocycles. The molecule has 0 radical (unpaired) electrons. The first-order valence-electron chi connectivity index (χ1n) is 6.13. The summed E-state index contributed by atoms with van der Waals surface area (Å²) in [6.07, 6.45) is 1.04. The highest BCUT2D eigenvalue weighted by molar-refractivity contribution is 6.34. The maximum atomic E-state index is 10.3. The molecular weight excluding hydrogens is 297 g/mol. The van der Waals surface area contributed by atoms with Gasteiger partial charge in [0.15, 0.2) is 0 Å². The molecule has 0 aliphatic heterocycles. The molecule has 3 nitrogen and oxygen atoms in total. The van der Waals surface area contributed by atoms with Crippen LogP contribution in [0, 0.1) is 6.92 Å². The van der Waals surface area contributed by atoms with Crippen molar-refractivity contribution < 1.29 is 9.84 Å². The SMILES string of the molecule is COc1ccc(C)cc1CC(O)c1ncc(Cl)cc1Cl. The van der Waals surface area contributed by atoms with Crippen LogP contribution >= 0.6 is 23.2 Å². The Balaban J connectivity index is 2.27. The number of ether oxygens (including phenoxy) is 1. The van der Waals surface area contributed by atoms with Crippen molar-refractivity contribution in [3.05, 3.63) is 57.3 Å². The van der Waals surface area contributed by atoms with Gasteiger partial charge in [0.2, 0.25) is 0 Å². The van der Waals surface area contributed by atoms with Gasteiger partial charge in [-0.25, -0.2) is 0 Å². The molecule has 1 aromatic heterocycles. The summed E-state index contributed by atoms with van der Waals surface area (Å²) >= 11 is 11.9. The molecule has 0 aliphatic rings. The fourth-order valence-corrected chi connectivity index (χ4v) is 2.55. The first-order valence-corrected chi connectivity index (χ1v) is 6.89.